The summed E-state index contributed by atoms with van der Waals surface area (Å²) in [4.78, 5) is 23.1. The van der Waals surface area contributed by atoms with Crippen LogP contribution in [0.15, 0.2) is 0 Å². The van der Waals surface area contributed by atoms with E-state index in [0.29, 0.717) is 4.42 Å². The molecule has 1 aromatic carbocycles. The minimum atomic E-state index is -0.771. The molecular weight excluding hydrogens is 319 g/mol. The predicted molar refractivity (Wildman–Crippen MR) is 62.8 cm³/mol. The Hall–Kier alpha value is -0.190. The van der Waals surface area contributed by atoms with Crippen molar-refractivity contribution in [2.45, 2.75) is 0 Å². The number of rotatable bonds is 0. The summed E-state index contributed by atoms with van der Waals surface area (Å²) in [6.07, 6.45) is 0. The van der Waals surface area contributed by atoms with Gasteiger partial charge in [-0.15, -0.1) is 0 Å². The first kappa shape index (κ1) is 12.3. The zero-order valence-electron chi connectivity index (χ0n) is 7.15. The van der Waals surface area contributed by atoms with Crippen LogP contribution in [-0.2, 0) is 0 Å². The van der Waals surface area contributed by atoms with Crippen molar-refractivity contribution in [3.8, 4) is 0 Å². The molecule has 0 bridgehead atoms. The lowest BCUT2D eigenvalue weighted by Gasteiger charge is -2.05. The van der Waals surface area contributed by atoms with E-state index in [1.807, 2.05) is 0 Å². The maximum Gasteiger partial charge on any atom is 0.278 e. The van der Waals surface area contributed by atoms with Crippen LogP contribution in [0, 0.1) is 0 Å². The van der Waals surface area contributed by atoms with E-state index in [4.69, 9.17) is 58.2 Å². The van der Waals surface area contributed by atoms with Gasteiger partial charge in [-0.3, -0.25) is 9.59 Å². The third-order valence-corrected chi connectivity index (χ3v) is 4.16. The first-order chi connectivity index (χ1) is 7.37. The van der Waals surface area contributed by atoms with Crippen molar-refractivity contribution in [1.29, 1.82) is 0 Å². The Morgan fingerprint density at radius 2 is 1.00 bits per heavy atom. The number of carbonyl (C=O) groups is 2. The molecule has 1 aliphatic heterocycles. The van der Waals surface area contributed by atoms with Gasteiger partial charge in [0.2, 0.25) is 0 Å². The van der Waals surface area contributed by atoms with Gasteiger partial charge in [-0.05, 0) is 0 Å². The fourth-order valence-corrected chi connectivity index (χ4v) is 2.51. The van der Waals surface area contributed by atoms with Crippen molar-refractivity contribution in [2.24, 2.45) is 0 Å². The molecule has 0 radical (unpaired) electrons. The fourth-order valence-electron chi connectivity index (χ4n) is 1.32. The molecule has 1 heterocycles. The standard InChI is InChI=1S/C8Cl5NO2/c9-3-1-2(4(10)6(12)5(3)11)8(16)14(13)7(1)15. The molecule has 84 valence electrons. The number of hydrogen-bond acceptors (Lipinski definition) is 2. The largest absolute Gasteiger partial charge is 0.278 e. The number of halogens is 5. The van der Waals surface area contributed by atoms with E-state index in [2.05, 4.69) is 0 Å². The summed E-state index contributed by atoms with van der Waals surface area (Å²) in [6.45, 7) is 0. The smallest absolute Gasteiger partial charge is 0.267 e. The average Bonchev–Trinajstić information content (AvgIpc) is 2.48. The maximum atomic E-state index is 11.6. The number of imide groups is 1. The Balaban J connectivity index is 2.91. The van der Waals surface area contributed by atoms with Gasteiger partial charge in [0.1, 0.15) is 0 Å². The molecular formula is C8Cl5NO2. The maximum absolute atomic E-state index is 11.6. The normalized spacial score (nSPS) is 14.7. The van der Waals surface area contributed by atoms with Gasteiger partial charge in [0.05, 0.1) is 31.2 Å². The molecule has 0 N–H and O–H groups in total. The Morgan fingerprint density at radius 3 is 1.31 bits per heavy atom. The van der Waals surface area contributed by atoms with Crippen LogP contribution in [0.5, 0.6) is 0 Å². The monoisotopic (exact) mass is 317 g/mol. The Labute approximate surface area is 115 Å². The molecule has 1 aliphatic rings. The van der Waals surface area contributed by atoms with Gasteiger partial charge >= 0.3 is 0 Å². The molecule has 0 saturated heterocycles. The molecule has 16 heavy (non-hydrogen) atoms. The zero-order chi connectivity index (χ0) is 12.2. The second-order valence-corrected chi connectivity index (χ2v) is 4.75. The highest BCUT2D eigenvalue weighted by molar-refractivity contribution is 6.56. The van der Waals surface area contributed by atoms with Crippen molar-refractivity contribution in [3.05, 3.63) is 31.2 Å². The lowest BCUT2D eigenvalue weighted by molar-refractivity contribution is 0.0767. The van der Waals surface area contributed by atoms with E-state index in [9.17, 15) is 9.59 Å². The molecule has 1 aromatic rings. The van der Waals surface area contributed by atoms with Crippen LogP contribution in [-0.4, -0.2) is 16.2 Å². The summed E-state index contributed by atoms with van der Waals surface area (Å²) < 4.78 is 0.384. The number of nitrogens with zero attached hydrogens (tertiary/aromatic N) is 1. The van der Waals surface area contributed by atoms with Gasteiger partial charge in [0.15, 0.2) is 0 Å². The number of fused-ring (bicyclic) bond motifs is 1. The molecule has 2 rings (SSSR count). The van der Waals surface area contributed by atoms with Gasteiger partial charge in [0, 0.05) is 11.8 Å². The zero-order valence-corrected chi connectivity index (χ0v) is 10.9. The molecule has 0 saturated carbocycles. The van der Waals surface area contributed by atoms with Crippen molar-refractivity contribution < 1.29 is 9.59 Å². The van der Waals surface area contributed by atoms with E-state index in [0.717, 1.165) is 0 Å². The Morgan fingerprint density at radius 1 is 0.688 bits per heavy atom. The predicted octanol–water partition coefficient (Wildman–Crippen LogP) is 4.05. The van der Waals surface area contributed by atoms with Crippen LogP contribution >= 0.6 is 58.2 Å². The minimum Gasteiger partial charge on any atom is -0.267 e. The van der Waals surface area contributed by atoms with E-state index in [-0.39, 0.29) is 31.2 Å². The minimum absolute atomic E-state index is 0.0831. The van der Waals surface area contributed by atoms with Crippen molar-refractivity contribution in [3.63, 3.8) is 0 Å². The molecule has 0 unspecified atom stereocenters. The van der Waals surface area contributed by atoms with Crippen molar-refractivity contribution >= 4 is 70.0 Å². The SMILES string of the molecule is O=C1c2c(Cl)c(Cl)c(Cl)c(Cl)c2C(=O)N1Cl. The highest BCUT2D eigenvalue weighted by Gasteiger charge is 2.41. The van der Waals surface area contributed by atoms with Gasteiger partial charge in [-0.1, -0.05) is 46.4 Å². The lowest BCUT2D eigenvalue weighted by atomic mass is 10.1. The molecule has 8 heteroatoms. The van der Waals surface area contributed by atoms with E-state index in [1.165, 1.54) is 0 Å². The third-order valence-electron chi connectivity index (χ3n) is 2.05. The van der Waals surface area contributed by atoms with Crippen LogP contribution in [0.4, 0.5) is 0 Å². The molecule has 0 fully saturated rings. The van der Waals surface area contributed by atoms with Crippen LogP contribution in [0.1, 0.15) is 20.7 Å². The summed E-state index contributed by atoms with van der Waals surface area (Å²) in [5, 5.41) is -0.430. The average molecular weight is 319 g/mol. The summed E-state index contributed by atoms with van der Waals surface area (Å²) in [6, 6.07) is 0. The number of amides is 2. The highest BCUT2D eigenvalue weighted by atomic mass is 35.5. The quantitative estimate of drug-likeness (QED) is 0.313. The van der Waals surface area contributed by atoms with Gasteiger partial charge < -0.3 is 0 Å². The van der Waals surface area contributed by atoms with Crippen molar-refractivity contribution in [2.75, 3.05) is 0 Å². The molecule has 0 aliphatic carbocycles. The van der Waals surface area contributed by atoms with Gasteiger partial charge in [0.25, 0.3) is 11.8 Å². The van der Waals surface area contributed by atoms with Crippen molar-refractivity contribution in [1.82, 2.24) is 4.42 Å². The number of benzene rings is 1. The molecule has 0 atom stereocenters. The summed E-state index contributed by atoms with van der Waals surface area (Å²) >= 11 is 28.6. The van der Waals surface area contributed by atoms with E-state index in [1.54, 1.807) is 0 Å². The number of hydrogen-bond donors (Lipinski definition) is 0. The van der Waals surface area contributed by atoms with Crippen LogP contribution in [0.25, 0.3) is 0 Å². The van der Waals surface area contributed by atoms with Crippen LogP contribution < -0.4 is 0 Å². The third kappa shape index (κ3) is 1.43. The van der Waals surface area contributed by atoms with E-state index < -0.39 is 11.8 Å². The Bertz CT molecular complexity index is 495. The second-order valence-electron chi connectivity index (χ2n) is 2.90. The molecule has 0 spiro atoms. The Kier molecular flexibility index (Phi) is 3.01. The lowest BCUT2D eigenvalue weighted by Crippen LogP contribution is -2.18. The topological polar surface area (TPSA) is 37.4 Å². The first-order valence-corrected chi connectivity index (χ1v) is 5.63. The summed E-state index contributed by atoms with van der Waals surface area (Å²) in [5.74, 6) is -1.54. The first-order valence-electron chi connectivity index (χ1n) is 3.78. The summed E-state index contributed by atoms with van der Waals surface area (Å²) in [5.41, 5.74) is -0.248. The fraction of sp³-hybridized carbons (Fsp3) is 0. The van der Waals surface area contributed by atoms with Gasteiger partial charge in [-0.2, -0.15) is 4.42 Å². The highest BCUT2D eigenvalue weighted by Crippen LogP contribution is 2.45. The van der Waals surface area contributed by atoms with Crippen LogP contribution in [0.2, 0.25) is 20.1 Å². The summed E-state index contributed by atoms with van der Waals surface area (Å²) in [7, 11) is 0. The molecule has 0 aromatic heterocycles. The molecule has 2 amide bonds. The second kappa shape index (κ2) is 3.93. The van der Waals surface area contributed by atoms with E-state index >= 15 is 0 Å². The van der Waals surface area contributed by atoms with Crippen LogP contribution in [0.3, 0.4) is 0 Å². The molecule has 3 nitrogen and oxygen atoms in total. The number of carbonyl (C=O) groups excluding carboxylic acids is 2. The van der Waals surface area contributed by atoms with Gasteiger partial charge in [-0.25, -0.2) is 0 Å².